The van der Waals surface area contributed by atoms with Crippen molar-refractivity contribution in [2.45, 2.75) is 13.0 Å². The van der Waals surface area contributed by atoms with E-state index in [9.17, 15) is 9.90 Å². The summed E-state index contributed by atoms with van der Waals surface area (Å²) in [5.41, 5.74) is 2.64. The molecule has 0 heterocycles. The first-order valence-corrected chi connectivity index (χ1v) is 7.39. The van der Waals surface area contributed by atoms with E-state index in [1.807, 2.05) is 55.5 Å². The van der Waals surface area contributed by atoms with Crippen LogP contribution in [0.2, 0.25) is 0 Å². The number of halogens is 1. The van der Waals surface area contributed by atoms with Crippen LogP contribution in [0.25, 0.3) is 0 Å². The Morgan fingerprint density at radius 1 is 1.24 bits per heavy atom. The Labute approximate surface area is 132 Å². The molecule has 4 nitrogen and oxygen atoms in total. The van der Waals surface area contributed by atoms with E-state index in [0.717, 1.165) is 15.6 Å². The molecule has 1 atom stereocenters. The second-order valence-electron chi connectivity index (χ2n) is 4.73. The summed E-state index contributed by atoms with van der Waals surface area (Å²) < 4.78 is 0.818. The predicted octanol–water partition coefficient (Wildman–Crippen LogP) is 3.61. The Morgan fingerprint density at radius 3 is 2.57 bits per heavy atom. The van der Waals surface area contributed by atoms with Gasteiger partial charge in [0.25, 0.3) is 0 Å². The number of aliphatic hydroxyl groups is 1. The number of carbonyl (C=O) groups excluding carboxylic acids is 1. The van der Waals surface area contributed by atoms with Gasteiger partial charge in [0, 0.05) is 4.47 Å². The number of carbonyl (C=O) groups is 1. The van der Waals surface area contributed by atoms with Crippen molar-refractivity contribution in [2.24, 2.45) is 0 Å². The molecule has 5 heteroatoms. The first-order valence-electron chi connectivity index (χ1n) is 6.59. The average molecular weight is 349 g/mol. The third-order valence-electron chi connectivity index (χ3n) is 3.06. The number of hydrogen-bond acceptors (Lipinski definition) is 2. The fourth-order valence-electron chi connectivity index (χ4n) is 1.96. The highest BCUT2D eigenvalue weighted by Gasteiger charge is 2.14. The number of rotatable bonds is 4. The fraction of sp³-hybridized carbons (Fsp3) is 0.188. The minimum absolute atomic E-state index is 0.160. The predicted molar refractivity (Wildman–Crippen MR) is 87.3 cm³/mol. The van der Waals surface area contributed by atoms with Crippen molar-refractivity contribution < 1.29 is 9.90 Å². The van der Waals surface area contributed by atoms with E-state index < -0.39 is 6.04 Å². The lowest BCUT2D eigenvalue weighted by molar-refractivity contribution is 0.225. The summed E-state index contributed by atoms with van der Waals surface area (Å²) in [5.74, 6) is 0. The van der Waals surface area contributed by atoms with E-state index in [0.29, 0.717) is 5.69 Å². The number of amides is 2. The van der Waals surface area contributed by atoms with Gasteiger partial charge in [-0.1, -0.05) is 36.4 Å². The van der Waals surface area contributed by atoms with Gasteiger partial charge < -0.3 is 15.7 Å². The molecule has 2 rings (SSSR count). The van der Waals surface area contributed by atoms with Gasteiger partial charge in [0.1, 0.15) is 0 Å². The summed E-state index contributed by atoms with van der Waals surface area (Å²) in [7, 11) is 0. The molecule has 1 unspecified atom stereocenters. The zero-order chi connectivity index (χ0) is 15.2. The smallest absolute Gasteiger partial charge is 0.319 e. The maximum atomic E-state index is 12.0. The molecule has 2 aromatic rings. The van der Waals surface area contributed by atoms with E-state index in [1.165, 1.54) is 0 Å². The normalized spacial score (nSPS) is 11.8. The van der Waals surface area contributed by atoms with E-state index >= 15 is 0 Å². The molecule has 21 heavy (non-hydrogen) atoms. The minimum atomic E-state index is -0.435. The zero-order valence-electron chi connectivity index (χ0n) is 11.6. The number of hydrogen-bond donors (Lipinski definition) is 3. The quantitative estimate of drug-likeness (QED) is 0.790. The molecule has 0 saturated carbocycles. The number of nitrogens with one attached hydrogen (secondary N) is 2. The lowest BCUT2D eigenvalue weighted by atomic mass is 10.1. The molecule has 0 spiro atoms. The summed E-state index contributed by atoms with van der Waals surface area (Å²) in [6.45, 7) is 1.82. The average Bonchev–Trinajstić information content (AvgIpc) is 2.48. The maximum absolute atomic E-state index is 12.0. The lowest BCUT2D eigenvalue weighted by Crippen LogP contribution is -2.34. The van der Waals surface area contributed by atoms with Crippen LogP contribution in [0, 0.1) is 6.92 Å². The van der Waals surface area contributed by atoms with Crippen molar-refractivity contribution in [3.8, 4) is 0 Å². The molecule has 0 aliphatic heterocycles. The van der Waals surface area contributed by atoms with Gasteiger partial charge in [-0.25, -0.2) is 4.79 Å². The minimum Gasteiger partial charge on any atom is -0.394 e. The largest absolute Gasteiger partial charge is 0.394 e. The number of aryl methyl sites for hydroxylation is 1. The van der Waals surface area contributed by atoms with Crippen molar-refractivity contribution in [1.82, 2.24) is 5.32 Å². The van der Waals surface area contributed by atoms with Crippen molar-refractivity contribution >= 4 is 27.6 Å². The third-order valence-corrected chi connectivity index (χ3v) is 3.72. The van der Waals surface area contributed by atoms with E-state index in [4.69, 9.17) is 0 Å². The number of benzene rings is 2. The molecule has 0 saturated heterocycles. The number of aliphatic hydroxyl groups excluding tert-OH is 1. The second-order valence-corrected chi connectivity index (χ2v) is 5.58. The molecule has 110 valence electrons. The van der Waals surface area contributed by atoms with Crippen molar-refractivity contribution in [3.63, 3.8) is 0 Å². The highest BCUT2D eigenvalue weighted by atomic mass is 79.9. The van der Waals surface area contributed by atoms with Crippen LogP contribution in [-0.2, 0) is 0 Å². The summed E-state index contributed by atoms with van der Waals surface area (Å²) in [6, 6.07) is 14.2. The highest BCUT2D eigenvalue weighted by Crippen LogP contribution is 2.23. The van der Waals surface area contributed by atoms with Crippen molar-refractivity contribution in [2.75, 3.05) is 11.9 Å². The molecule has 2 amide bonds. The topological polar surface area (TPSA) is 61.4 Å². The van der Waals surface area contributed by atoms with Crippen LogP contribution in [0.5, 0.6) is 0 Å². The van der Waals surface area contributed by atoms with Gasteiger partial charge >= 0.3 is 6.03 Å². The Bertz CT molecular complexity index is 617. The number of anilines is 1. The Kier molecular flexibility index (Phi) is 5.36. The monoisotopic (exact) mass is 348 g/mol. The van der Waals surface area contributed by atoms with E-state index in [-0.39, 0.29) is 12.6 Å². The molecular formula is C16H17BrN2O2. The Hall–Kier alpha value is -1.85. The van der Waals surface area contributed by atoms with Crippen molar-refractivity contribution in [3.05, 3.63) is 64.1 Å². The number of urea groups is 1. The fourth-order valence-corrected chi connectivity index (χ4v) is 2.55. The Morgan fingerprint density at radius 2 is 1.95 bits per heavy atom. The second kappa shape index (κ2) is 7.24. The van der Waals surface area contributed by atoms with Crippen LogP contribution in [0.1, 0.15) is 17.2 Å². The van der Waals surface area contributed by atoms with Crippen LogP contribution in [0.3, 0.4) is 0 Å². The molecule has 0 bridgehead atoms. The molecule has 3 N–H and O–H groups in total. The van der Waals surface area contributed by atoms with Gasteiger partial charge in [-0.2, -0.15) is 0 Å². The van der Waals surface area contributed by atoms with Crippen LogP contribution < -0.4 is 10.6 Å². The lowest BCUT2D eigenvalue weighted by Gasteiger charge is -2.17. The maximum Gasteiger partial charge on any atom is 0.319 e. The van der Waals surface area contributed by atoms with Gasteiger partial charge in [0.05, 0.1) is 18.3 Å². The SMILES string of the molecule is Cc1ccc(NC(=O)NC(CO)c2ccccc2)c(Br)c1. The zero-order valence-corrected chi connectivity index (χ0v) is 13.2. The van der Waals surface area contributed by atoms with Gasteiger partial charge in [-0.05, 0) is 46.1 Å². The first-order chi connectivity index (χ1) is 10.1. The van der Waals surface area contributed by atoms with Gasteiger partial charge in [-0.15, -0.1) is 0 Å². The van der Waals surface area contributed by atoms with E-state index in [2.05, 4.69) is 26.6 Å². The summed E-state index contributed by atoms with van der Waals surface area (Å²) >= 11 is 3.41. The molecule has 0 aromatic heterocycles. The Balaban J connectivity index is 2.03. The third kappa shape index (κ3) is 4.31. The molecule has 2 aromatic carbocycles. The van der Waals surface area contributed by atoms with Gasteiger partial charge in [0.15, 0.2) is 0 Å². The molecule has 0 radical (unpaired) electrons. The van der Waals surface area contributed by atoms with E-state index in [1.54, 1.807) is 0 Å². The highest BCUT2D eigenvalue weighted by molar-refractivity contribution is 9.10. The van der Waals surface area contributed by atoms with Crippen LogP contribution in [0.4, 0.5) is 10.5 Å². The van der Waals surface area contributed by atoms with Gasteiger partial charge in [-0.3, -0.25) is 0 Å². The summed E-state index contributed by atoms with van der Waals surface area (Å²) in [5, 5.41) is 15.0. The van der Waals surface area contributed by atoms with Gasteiger partial charge in [0.2, 0.25) is 0 Å². The molecule has 0 aliphatic rings. The first kappa shape index (κ1) is 15.5. The molecular weight excluding hydrogens is 332 g/mol. The van der Waals surface area contributed by atoms with Crippen LogP contribution in [0.15, 0.2) is 53.0 Å². The van der Waals surface area contributed by atoms with Crippen LogP contribution >= 0.6 is 15.9 Å². The standard InChI is InChI=1S/C16H17BrN2O2/c1-11-7-8-14(13(17)9-11)18-16(21)19-15(10-20)12-5-3-2-4-6-12/h2-9,15,20H,10H2,1H3,(H2,18,19,21). The summed E-state index contributed by atoms with van der Waals surface area (Å²) in [6.07, 6.45) is 0. The van der Waals surface area contributed by atoms with Crippen LogP contribution in [-0.4, -0.2) is 17.7 Å². The summed E-state index contributed by atoms with van der Waals surface area (Å²) in [4.78, 5) is 12.0. The van der Waals surface area contributed by atoms with Crippen molar-refractivity contribution in [1.29, 1.82) is 0 Å². The molecule has 0 aliphatic carbocycles. The molecule has 0 fully saturated rings.